The fourth-order valence-corrected chi connectivity index (χ4v) is 1.90. The third-order valence-electron chi connectivity index (χ3n) is 3.78. The van der Waals surface area contributed by atoms with Gasteiger partial charge in [-0.3, -0.25) is 0 Å². The molecule has 0 aromatic heterocycles. The monoisotopic (exact) mass is 306 g/mol. The standard InChI is InChI=1S/C13H15BF4O3/c1-12(2)13(3,4)21-14(20-12)7-5-8(15)9(16)6-10(7)19-11(17)18/h5-6,11H,1-4H3. The van der Waals surface area contributed by atoms with Crippen molar-refractivity contribution >= 4 is 12.6 Å². The predicted molar refractivity (Wildman–Crippen MR) is 68.7 cm³/mol. The lowest BCUT2D eigenvalue weighted by Crippen LogP contribution is -2.41. The molecule has 2 rings (SSSR count). The van der Waals surface area contributed by atoms with Gasteiger partial charge >= 0.3 is 13.7 Å². The minimum Gasteiger partial charge on any atom is -0.435 e. The second-order valence-corrected chi connectivity index (χ2v) is 5.77. The van der Waals surface area contributed by atoms with Crippen molar-refractivity contribution in [2.45, 2.75) is 45.5 Å². The average molecular weight is 306 g/mol. The van der Waals surface area contributed by atoms with Crippen LogP contribution in [0.15, 0.2) is 12.1 Å². The van der Waals surface area contributed by atoms with Crippen molar-refractivity contribution < 1.29 is 31.6 Å². The Morgan fingerprint density at radius 2 is 1.48 bits per heavy atom. The van der Waals surface area contributed by atoms with E-state index in [-0.39, 0.29) is 5.46 Å². The zero-order valence-corrected chi connectivity index (χ0v) is 12.0. The summed E-state index contributed by atoms with van der Waals surface area (Å²) in [6, 6.07) is 1.30. The molecule has 1 heterocycles. The van der Waals surface area contributed by atoms with Crippen molar-refractivity contribution in [1.29, 1.82) is 0 Å². The number of benzene rings is 1. The Kier molecular flexibility index (Phi) is 3.97. The maximum Gasteiger partial charge on any atom is 0.498 e. The Balaban J connectivity index is 2.42. The number of hydrogen-bond acceptors (Lipinski definition) is 3. The van der Waals surface area contributed by atoms with Gasteiger partial charge in [0.15, 0.2) is 11.6 Å². The summed E-state index contributed by atoms with van der Waals surface area (Å²) >= 11 is 0. The summed E-state index contributed by atoms with van der Waals surface area (Å²) < 4.78 is 66.9. The summed E-state index contributed by atoms with van der Waals surface area (Å²) in [7, 11) is -1.13. The van der Waals surface area contributed by atoms with Crippen molar-refractivity contribution in [2.24, 2.45) is 0 Å². The van der Waals surface area contributed by atoms with Crippen LogP contribution < -0.4 is 10.2 Å². The molecule has 0 unspecified atom stereocenters. The molecular weight excluding hydrogens is 291 g/mol. The Morgan fingerprint density at radius 1 is 1.00 bits per heavy atom. The van der Waals surface area contributed by atoms with Crippen LogP contribution >= 0.6 is 0 Å². The molecule has 1 aromatic rings. The molecule has 0 saturated carbocycles. The van der Waals surface area contributed by atoms with Crippen LogP contribution in [0.25, 0.3) is 0 Å². The molecule has 3 nitrogen and oxygen atoms in total. The minimum absolute atomic E-state index is 0.118. The molecule has 0 N–H and O–H groups in total. The van der Waals surface area contributed by atoms with Crippen molar-refractivity contribution in [2.75, 3.05) is 0 Å². The lowest BCUT2D eigenvalue weighted by molar-refractivity contribution is -0.0494. The molecule has 1 aliphatic heterocycles. The van der Waals surface area contributed by atoms with E-state index in [1.807, 2.05) is 0 Å². The van der Waals surface area contributed by atoms with Crippen LogP contribution in [0.3, 0.4) is 0 Å². The number of rotatable bonds is 3. The normalized spacial score (nSPS) is 20.1. The lowest BCUT2D eigenvalue weighted by atomic mass is 9.78. The van der Waals surface area contributed by atoms with Crippen molar-refractivity contribution in [3.63, 3.8) is 0 Å². The van der Waals surface area contributed by atoms with E-state index in [9.17, 15) is 17.6 Å². The van der Waals surface area contributed by atoms with E-state index in [1.165, 1.54) is 0 Å². The molecule has 1 aromatic carbocycles. The van der Waals surface area contributed by atoms with Crippen LogP contribution in [0.4, 0.5) is 17.6 Å². The molecule has 1 saturated heterocycles. The van der Waals surface area contributed by atoms with E-state index in [0.717, 1.165) is 6.07 Å². The zero-order valence-electron chi connectivity index (χ0n) is 12.0. The molecule has 116 valence electrons. The first-order valence-electron chi connectivity index (χ1n) is 6.33. The van der Waals surface area contributed by atoms with Crippen LogP contribution in [-0.4, -0.2) is 24.9 Å². The lowest BCUT2D eigenvalue weighted by Gasteiger charge is -2.32. The second kappa shape index (κ2) is 5.17. The number of ether oxygens (including phenoxy) is 1. The number of alkyl halides is 2. The fraction of sp³-hybridized carbons (Fsp3) is 0.538. The van der Waals surface area contributed by atoms with Gasteiger partial charge in [0, 0.05) is 11.5 Å². The largest absolute Gasteiger partial charge is 0.498 e. The summed E-state index contributed by atoms with van der Waals surface area (Å²) in [5, 5.41) is 0. The molecule has 0 aliphatic carbocycles. The molecule has 0 amide bonds. The number of hydrogen-bond donors (Lipinski definition) is 0. The van der Waals surface area contributed by atoms with Crippen LogP contribution in [0.5, 0.6) is 5.75 Å². The first kappa shape index (κ1) is 16.1. The molecule has 21 heavy (non-hydrogen) atoms. The Labute approximate surface area is 120 Å². The Hall–Kier alpha value is -1.28. The quantitative estimate of drug-likeness (QED) is 0.635. The molecule has 0 radical (unpaired) electrons. The van der Waals surface area contributed by atoms with E-state index in [2.05, 4.69) is 4.74 Å². The van der Waals surface area contributed by atoms with Gasteiger partial charge in [-0.2, -0.15) is 8.78 Å². The molecular formula is C13H15BF4O3. The van der Waals surface area contributed by atoms with Crippen LogP contribution in [0.2, 0.25) is 0 Å². The third kappa shape index (κ3) is 3.01. The van der Waals surface area contributed by atoms with Crippen LogP contribution in [-0.2, 0) is 9.31 Å². The maximum absolute atomic E-state index is 13.4. The molecule has 0 spiro atoms. The highest BCUT2D eigenvalue weighted by atomic mass is 19.3. The first-order chi connectivity index (χ1) is 9.53. The van der Waals surface area contributed by atoms with E-state index in [0.29, 0.717) is 6.07 Å². The molecule has 0 atom stereocenters. The van der Waals surface area contributed by atoms with Gasteiger partial charge in [0.2, 0.25) is 0 Å². The van der Waals surface area contributed by atoms with Gasteiger partial charge in [0.25, 0.3) is 0 Å². The van der Waals surface area contributed by atoms with E-state index in [1.54, 1.807) is 27.7 Å². The summed E-state index contributed by atoms with van der Waals surface area (Å²) in [5.41, 5.74) is -1.61. The smallest absolute Gasteiger partial charge is 0.435 e. The fourth-order valence-electron chi connectivity index (χ4n) is 1.90. The maximum atomic E-state index is 13.4. The average Bonchev–Trinajstić information content (AvgIpc) is 2.52. The molecule has 8 heteroatoms. The van der Waals surface area contributed by atoms with Gasteiger partial charge in [0.1, 0.15) is 5.75 Å². The molecule has 0 bridgehead atoms. The van der Waals surface area contributed by atoms with Gasteiger partial charge in [0.05, 0.1) is 11.2 Å². The number of halogens is 4. The highest BCUT2D eigenvalue weighted by Gasteiger charge is 2.52. The van der Waals surface area contributed by atoms with Crippen LogP contribution in [0.1, 0.15) is 27.7 Å². The third-order valence-corrected chi connectivity index (χ3v) is 3.78. The van der Waals surface area contributed by atoms with Crippen molar-refractivity contribution in [1.82, 2.24) is 0 Å². The van der Waals surface area contributed by atoms with Gasteiger partial charge in [-0.15, -0.1) is 0 Å². The van der Waals surface area contributed by atoms with Crippen molar-refractivity contribution in [3.05, 3.63) is 23.8 Å². The van der Waals surface area contributed by atoms with E-state index >= 15 is 0 Å². The SMILES string of the molecule is CC1(C)OB(c2cc(F)c(F)cc2OC(F)F)OC1(C)C. The summed E-state index contributed by atoms with van der Waals surface area (Å²) in [5.74, 6) is -2.99. The Bertz CT molecular complexity index is 532. The first-order valence-corrected chi connectivity index (χ1v) is 6.33. The highest BCUT2D eigenvalue weighted by Crippen LogP contribution is 2.37. The highest BCUT2D eigenvalue weighted by molar-refractivity contribution is 6.63. The summed E-state index contributed by atoms with van der Waals surface area (Å²) in [6.45, 7) is 3.83. The van der Waals surface area contributed by atoms with E-state index < -0.39 is 42.3 Å². The van der Waals surface area contributed by atoms with Crippen molar-refractivity contribution in [3.8, 4) is 5.75 Å². The van der Waals surface area contributed by atoms with Gasteiger partial charge < -0.3 is 14.0 Å². The summed E-state index contributed by atoms with van der Waals surface area (Å²) in [4.78, 5) is 0. The molecule has 1 aliphatic rings. The predicted octanol–water partition coefficient (Wildman–Crippen LogP) is 2.87. The van der Waals surface area contributed by atoms with Crippen LogP contribution in [0, 0.1) is 11.6 Å². The summed E-state index contributed by atoms with van der Waals surface area (Å²) in [6.07, 6.45) is 0. The minimum atomic E-state index is -3.17. The van der Waals surface area contributed by atoms with Gasteiger partial charge in [-0.1, -0.05) is 0 Å². The van der Waals surface area contributed by atoms with Gasteiger partial charge in [-0.05, 0) is 33.8 Å². The topological polar surface area (TPSA) is 27.7 Å². The molecule has 1 fully saturated rings. The zero-order chi connectivity index (χ0) is 16.0. The van der Waals surface area contributed by atoms with Gasteiger partial charge in [-0.25, -0.2) is 8.78 Å². The second-order valence-electron chi connectivity index (χ2n) is 5.77. The Morgan fingerprint density at radius 3 is 1.95 bits per heavy atom. The van der Waals surface area contributed by atoms with E-state index in [4.69, 9.17) is 9.31 Å².